The van der Waals surface area contributed by atoms with Crippen LogP contribution < -0.4 is 10.2 Å². The van der Waals surface area contributed by atoms with E-state index < -0.39 is 0 Å². The lowest BCUT2D eigenvalue weighted by Crippen LogP contribution is -2.10. The maximum absolute atomic E-state index is 4.28. The molecule has 0 bridgehead atoms. The second-order valence-electron chi connectivity index (χ2n) is 3.61. The van der Waals surface area contributed by atoms with Gasteiger partial charge in [0.1, 0.15) is 0 Å². The normalized spacial score (nSPS) is 9.88. The molecule has 2 nitrogen and oxygen atoms in total. The summed E-state index contributed by atoms with van der Waals surface area (Å²) in [5.74, 6) is 0. The lowest BCUT2D eigenvalue weighted by atomic mass is 10.2. The molecule has 2 heteroatoms. The van der Waals surface area contributed by atoms with E-state index in [1.807, 2.05) is 43.4 Å². The summed E-state index contributed by atoms with van der Waals surface area (Å²) in [6, 6.07) is 18.4. The zero-order chi connectivity index (χ0) is 11.4. The first-order valence-corrected chi connectivity index (χ1v) is 5.30. The molecule has 0 fully saturated rings. The number of rotatable bonds is 3. The third kappa shape index (κ3) is 2.01. The molecule has 0 atom stereocenters. The molecular weight excluding hydrogens is 196 g/mol. The molecule has 2 aromatic carbocycles. The van der Waals surface area contributed by atoms with Crippen LogP contribution in [-0.4, -0.2) is 14.1 Å². The van der Waals surface area contributed by atoms with Crippen molar-refractivity contribution in [3.8, 4) is 0 Å². The van der Waals surface area contributed by atoms with Crippen molar-refractivity contribution in [1.82, 2.24) is 5.32 Å². The zero-order valence-corrected chi connectivity index (χ0v) is 9.59. The van der Waals surface area contributed by atoms with Gasteiger partial charge in [-0.25, -0.2) is 0 Å². The van der Waals surface area contributed by atoms with E-state index >= 15 is 0 Å². The summed E-state index contributed by atoms with van der Waals surface area (Å²) in [6.45, 7) is 0. The van der Waals surface area contributed by atoms with Crippen molar-refractivity contribution >= 4 is 17.1 Å². The predicted molar refractivity (Wildman–Crippen MR) is 68.7 cm³/mol. The number of anilines is 2. The fourth-order valence-electron chi connectivity index (χ4n) is 1.73. The Kier molecular flexibility index (Phi) is 3.10. The SMILES string of the molecule is C[N]c1ccccc1N(C)c1ccccc1. The molecule has 2 aromatic rings. The number of hydrogen-bond donors (Lipinski definition) is 0. The van der Waals surface area contributed by atoms with Gasteiger partial charge >= 0.3 is 0 Å². The van der Waals surface area contributed by atoms with Gasteiger partial charge in [-0.1, -0.05) is 30.3 Å². The fraction of sp³-hybridized carbons (Fsp3) is 0.143. The minimum atomic E-state index is 1.01. The molecular formula is C14H15N2. The highest BCUT2D eigenvalue weighted by Crippen LogP contribution is 2.29. The molecule has 0 aromatic heterocycles. The van der Waals surface area contributed by atoms with Crippen LogP contribution in [0.3, 0.4) is 0 Å². The molecule has 0 aliphatic heterocycles. The lowest BCUT2D eigenvalue weighted by molar-refractivity contribution is 1.07. The largest absolute Gasteiger partial charge is 0.343 e. The molecule has 1 radical (unpaired) electrons. The summed E-state index contributed by atoms with van der Waals surface area (Å²) in [6.07, 6.45) is 0. The number of nitrogens with zero attached hydrogens (tertiary/aromatic N) is 2. The number of hydrogen-bond acceptors (Lipinski definition) is 1. The maximum Gasteiger partial charge on any atom is 0.0807 e. The van der Waals surface area contributed by atoms with Crippen LogP contribution in [-0.2, 0) is 0 Å². The van der Waals surface area contributed by atoms with E-state index in [1.165, 1.54) is 5.69 Å². The maximum atomic E-state index is 4.28. The van der Waals surface area contributed by atoms with E-state index in [1.54, 1.807) is 0 Å². The highest BCUT2D eigenvalue weighted by molar-refractivity contribution is 5.73. The molecule has 0 spiro atoms. The van der Waals surface area contributed by atoms with Crippen LogP contribution in [0.25, 0.3) is 0 Å². The van der Waals surface area contributed by atoms with E-state index in [4.69, 9.17) is 0 Å². The highest BCUT2D eigenvalue weighted by atomic mass is 15.1. The van der Waals surface area contributed by atoms with Gasteiger partial charge < -0.3 is 4.90 Å². The summed E-state index contributed by atoms with van der Waals surface area (Å²) >= 11 is 0. The Morgan fingerprint density at radius 2 is 1.50 bits per heavy atom. The van der Waals surface area contributed by atoms with Crippen LogP contribution in [0.1, 0.15) is 0 Å². The topological polar surface area (TPSA) is 17.3 Å². The Morgan fingerprint density at radius 3 is 2.19 bits per heavy atom. The molecule has 0 N–H and O–H groups in total. The average Bonchev–Trinajstić information content (AvgIpc) is 2.39. The third-order valence-corrected chi connectivity index (χ3v) is 2.63. The first-order chi connectivity index (χ1) is 7.83. The second-order valence-corrected chi connectivity index (χ2v) is 3.61. The van der Waals surface area contributed by atoms with E-state index in [0.29, 0.717) is 0 Å². The zero-order valence-electron chi connectivity index (χ0n) is 9.59. The Morgan fingerprint density at radius 1 is 0.875 bits per heavy atom. The molecule has 0 unspecified atom stereocenters. The van der Waals surface area contributed by atoms with Crippen molar-refractivity contribution in [3.05, 3.63) is 54.6 Å². The smallest absolute Gasteiger partial charge is 0.0807 e. The van der Waals surface area contributed by atoms with E-state index in [9.17, 15) is 0 Å². The van der Waals surface area contributed by atoms with Crippen molar-refractivity contribution in [3.63, 3.8) is 0 Å². The Bertz CT molecular complexity index is 451. The van der Waals surface area contributed by atoms with Crippen LogP contribution in [0.15, 0.2) is 54.6 Å². The molecule has 81 valence electrons. The monoisotopic (exact) mass is 211 g/mol. The molecule has 2 rings (SSSR count). The Labute approximate surface area is 96.5 Å². The minimum Gasteiger partial charge on any atom is -0.343 e. The van der Waals surface area contributed by atoms with Gasteiger partial charge in [-0.15, -0.1) is 0 Å². The Balaban J connectivity index is 2.37. The van der Waals surface area contributed by atoms with Crippen molar-refractivity contribution in [2.24, 2.45) is 0 Å². The van der Waals surface area contributed by atoms with E-state index in [-0.39, 0.29) is 0 Å². The lowest BCUT2D eigenvalue weighted by Gasteiger charge is -2.21. The van der Waals surface area contributed by atoms with Gasteiger partial charge in [0.2, 0.25) is 0 Å². The van der Waals surface area contributed by atoms with Crippen LogP contribution >= 0.6 is 0 Å². The summed E-state index contributed by atoms with van der Waals surface area (Å²) in [5.41, 5.74) is 3.30. The standard InChI is InChI=1S/C14H15N2/c1-15-13-10-6-7-11-14(13)16(2)12-8-4-3-5-9-12/h3-11H,1-2H3. The van der Waals surface area contributed by atoms with Crippen molar-refractivity contribution < 1.29 is 0 Å². The van der Waals surface area contributed by atoms with Crippen LogP contribution in [0.5, 0.6) is 0 Å². The Hall–Kier alpha value is -1.96. The van der Waals surface area contributed by atoms with E-state index in [2.05, 4.69) is 35.5 Å². The second kappa shape index (κ2) is 4.71. The summed E-state index contributed by atoms with van der Waals surface area (Å²) < 4.78 is 0. The van der Waals surface area contributed by atoms with Crippen molar-refractivity contribution in [2.45, 2.75) is 0 Å². The van der Waals surface area contributed by atoms with Crippen molar-refractivity contribution in [2.75, 3.05) is 19.0 Å². The molecule has 0 heterocycles. The molecule has 16 heavy (non-hydrogen) atoms. The van der Waals surface area contributed by atoms with Gasteiger partial charge in [0, 0.05) is 19.8 Å². The molecule has 0 amide bonds. The molecule has 0 aliphatic rings. The van der Waals surface area contributed by atoms with Crippen LogP contribution in [0.4, 0.5) is 17.1 Å². The summed E-state index contributed by atoms with van der Waals surface area (Å²) in [7, 11) is 3.87. The predicted octanol–water partition coefficient (Wildman–Crippen LogP) is 3.32. The van der Waals surface area contributed by atoms with Gasteiger partial charge in [0.15, 0.2) is 0 Å². The molecule has 0 saturated heterocycles. The number of benzene rings is 2. The van der Waals surface area contributed by atoms with Crippen LogP contribution in [0, 0.1) is 0 Å². The van der Waals surface area contributed by atoms with Crippen LogP contribution in [0.2, 0.25) is 0 Å². The van der Waals surface area contributed by atoms with Gasteiger partial charge in [-0.3, -0.25) is 5.32 Å². The summed E-state index contributed by atoms with van der Waals surface area (Å²) in [4.78, 5) is 2.14. The van der Waals surface area contributed by atoms with Gasteiger partial charge in [0.25, 0.3) is 0 Å². The average molecular weight is 211 g/mol. The van der Waals surface area contributed by atoms with Gasteiger partial charge in [-0.05, 0) is 24.3 Å². The quantitative estimate of drug-likeness (QED) is 0.761. The van der Waals surface area contributed by atoms with Crippen molar-refractivity contribution in [1.29, 1.82) is 0 Å². The fourth-order valence-corrected chi connectivity index (χ4v) is 1.73. The third-order valence-electron chi connectivity index (χ3n) is 2.63. The molecule has 0 saturated carbocycles. The highest BCUT2D eigenvalue weighted by Gasteiger charge is 2.07. The van der Waals surface area contributed by atoms with E-state index in [0.717, 1.165) is 11.4 Å². The number of para-hydroxylation sites is 3. The van der Waals surface area contributed by atoms with Gasteiger partial charge in [-0.2, -0.15) is 0 Å². The first kappa shape index (κ1) is 10.6. The minimum absolute atomic E-state index is 1.01. The first-order valence-electron chi connectivity index (χ1n) is 5.30. The summed E-state index contributed by atoms with van der Waals surface area (Å²) in [5, 5.41) is 4.28. The van der Waals surface area contributed by atoms with Gasteiger partial charge in [0.05, 0.1) is 11.4 Å². The molecule has 0 aliphatic carbocycles.